The van der Waals surface area contributed by atoms with E-state index in [1.165, 1.54) is 16.2 Å². The molecule has 4 nitrogen and oxygen atoms in total. The molecule has 0 bridgehead atoms. The molecular weight excluding hydrogens is 344 g/mol. The van der Waals surface area contributed by atoms with Crippen molar-refractivity contribution in [2.24, 2.45) is 0 Å². The first-order valence-electron chi connectivity index (χ1n) is 7.70. The monoisotopic (exact) mass is 360 g/mol. The van der Waals surface area contributed by atoms with Crippen molar-refractivity contribution >= 4 is 46.0 Å². The van der Waals surface area contributed by atoms with Crippen LogP contribution in [0.3, 0.4) is 0 Å². The van der Waals surface area contributed by atoms with E-state index in [1.54, 1.807) is 6.07 Å². The van der Waals surface area contributed by atoms with Crippen molar-refractivity contribution in [2.45, 2.75) is 20.3 Å². The lowest BCUT2D eigenvalue weighted by Gasteiger charge is -2.14. The quantitative estimate of drug-likeness (QED) is 0.808. The van der Waals surface area contributed by atoms with Crippen molar-refractivity contribution in [2.75, 3.05) is 11.9 Å². The Bertz CT molecular complexity index is 828. The van der Waals surface area contributed by atoms with Gasteiger partial charge in [-0.15, -0.1) is 11.3 Å². The second kappa shape index (κ2) is 6.79. The van der Waals surface area contributed by atoms with Gasteiger partial charge in [0, 0.05) is 22.1 Å². The molecule has 0 saturated carbocycles. The highest BCUT2D eigenvalue weighted by atomic mass is 35.5. The number of imide groups is 1. The second-order valence-electron chi connectivity index (χ2n) is 5.57. The molecule has 0 spiro atoms. The first-order valence-corrected chi connectivity index (χ1v) is 8.96. The van der Waals surface area contributed by atoms with Crippen LogP contribution in [0.15, 0.2) is 41.4 Å². The Labute approximate surface area is 149 Å². The van der Waals surface area contributed by atoms with Crippen molar-refractivity contribution in [3.05, 3.63) is 56.9 Å². The third kappa shape index (κ3) is 2.97. The Morgan fingerprint density at radius 2 is 2.00 bits per heavy atom. The number of hydrogen-bond donors (Lipinski definition) is 1. The maximum atomic E-state index is 12.8. The van der Waals surface area contributed by atoms with Gasteiger partial charge in [0.15, 0.2) is 0 Å². The van der Waals surface area contributed by atoms with Gasteiger partial charge in [0.05, 0.1) is 5.57 Å². The van der Waals surface area contributed by atoms with Crippen LogP contribution >= 0.6 is 22.9 Å². The minimum absolute atomic E-state index is 0.238. The zero-order chi connectivity index (χ0) is 17.3. The molecule has 24 heavy (non-hydrogen) atoms. The minimum Gasteiger partial charge on any atom is -0.350 e. The number of rotatable bonds is 5. The molecule has 6 heteroatoms. The van der Waals surface area contributed by atoms with E-state index >= 15 is 0 Å². The van der Waals surface area contributed by atoms with Crippen LogP contribution in [0.1, 0.15) is 23.8 Å². The van der Waals surface area contributed by atoms with Gasteiger partial charge >= 0.3 is 0 Å². The molecule has 0 atom stereocenters. The lowest BCUT2D eigenvalue weighted by atomic mass is 10.1. The molecule has 1 aliphatic heterocycles. The van der Waals surface area contributed by atoms with Gasteiger partial charge in [0.25, 0.3) is 11.8 Å². The molecule has 1 aromatic heterocycles. The number of carbonyl (C=O) groups is 2. The summed E-state index contributed by atoms with van der Waals surface area (Å²) in [4.78, 5) is 27.6. The Morgan fingerprint density at radius 3 is 2.62 bits per heavy atom. The van der Waals surface area contributed by atoms with E-state index in [2.05, 4.69) is 5.32 Å². The maximum absolute atomic E-state index is 12.8. The van der Waals surface area contributed by atoms with Crippen LogP contribution in [-0.4, -0.2) is 23.3 Å². The van der Waals surface area contributed by atoms with E-state index in [4.69, 9.17) is 11.6 Å². The van der Waals surface area contributed by atoms with E-state index in [-0.39, 0.29) is 11.8 Å². The van der Waals surface area contributed by atoms with E-state index in [9.17, 15) is 9.59 Å². The Hall–Kier alpha value is -2.11. The summed E-state index contributed by atoms with van der Waals surface area (Å²) in [6, 6.07) is 9.13. The predicted molar refractivity (Wildman–Crippen MR) is 98.1 cm³/mol. The smallest absolute Gasteiger partial charge is 0.278 e. The highest BCUT2D eigenvalue weighted by molar-refractivity contribution is 7.11. The van der Waals surface area contributed by atoms with E-state index in [0.717, 1.165) is 22.5 Å². The number of amides is 2. The molecule has 1 aliphatic rings. The number of nitrogens with zero attached hydrogens (tertiary/aromatic N) is 1. The van der Waals surface area contributed by atoms with E-state index in [0.29, 0.717) is 22.8 Å². The average Bonchev–Trinajstić information content (AvgIpc) is 3.13. The lowest BCUT2D eigenvalue weighted by Crippen LogP contribution is -2.33. The third-order valence-corrected chi connectivity index (χ3v) is 4.95. The molecule has 0 radical (unpaired) electrons. The molecular formula is C18H17ClN2O2S. The summed E-state index contributed by atoms with van der Waals surface area (Å²) in [5.41, 5.74) is 2.46. The maximum Gasteiger partial charge on any atom is 0.278 e. The molecule has 2 heterocycles. The van der Waals surface area contributed by atoms with Crippen LogP contribution in [0.5, 0.6) is 0 Å². The standard InChI is InChI=1S/C18H17ClN2O2S/c1-3-8-21-17(22)15(14-5-4-9-24-14)16(18(21)23)20-13-7-6-12(19)10-11(13)2/h4-7,9-10,20H,3,8H2,1-2H3. The van der Waals surface area contributed by atoms with E-state index in [1.807, 2.05) is 43.5 Å². The number of carbonyl (C=O) groups excluding carboxylic acids is 2. The van der Waals surface area contributed by atoms with Crippen molar-refractivity contribution in [3.8, 4) is 0 Å². The van der Waals surface area contributed by atoms with Gasteiger partial charge in [-0.25, -0.2) is 0 Å². The topological polar surface area (TPSA) is 49.4 Å². The summed E-state index contributed by atoms with van der Waals surface area (Å²) in [7, 11) is 0. The fourth-order valence-electron chi connectivity index (χ4n) is 2.67. The Morgan fingerprint density at radius 1 is 1.21 bits per heavy atom. The number of anilines is 1. The SMILES string of the molecule is CCCN1C(=O)C(Nc2ccc(Cl)cc2C)=C(c2cccs2)C1=O. The van der Waals surface area contributed by atoms with Crippen LogP contribution in [0.2, 0.25) is 5.02 Å². The fraction of sp³-hybridized carbons (Fsp3) is 0.222. The third-order valence-electron chi connectivity index (χ3n) is 3.83. The first kappa shape index (κ1) is 16.7. The van der Waals surface area contributed by atoms with Crippen molar-refractivity contribution in [1.29, 1.82) is 0 Å². The summed E-state index contributed by atoms with van der Waals surface area (Å²) in [6.07, 6.45) is 0.725. The lowest BCUT2D eigenvalue weighted by molar-refractivity contribution is -0.136. The normalized spacial score (nSPS) is 14.7. The van der Waals surface area contributed by atoms with Gasteiger partial charge < -0.3 is 5.32 Å². The molecule has 0 saturated heterocycles. The zero-order valence-electron chi connectivity index (χ0n) is 13.4. The van der Waals surface area contributed by atoms with Crippen LogP contribution in [0.4, 0.5) is 5.69 Å². The molecule has 124 valence electrons. The minimum atomic E-state index is -0.278. The van der Waals surface area contributed by atoms with Gasteiger partial charge in [-0.2, -0.15) is 0 Å². The molecule has 1 N–H and O–H groups in total. The number of benzene rings is 1. The van der Waals surface area contributed by atoms with Crippen LogP contribution < -0.4 is 5.32 Å². The molecule has 1 aromatic carbocycles. The van der Waals surface area contributed by atoms with Gasteiger partial charge in [0.1, 0.15) is 5.70 Å². The molecule has 0 fully saturated rings. The number of halogens is 1. The van der Waals surface area contributed by atoms with Gasteiger partial charge in [0.2, 0.25) is 0 Å². The van der Waals surface area contributed by atoms with Crippen molar-refractivity contribution in [3.63, 3.8) is 0 Å². The van der Waals surface area contributed by atoms with E-state index < -0.39 is 0 Å². The Kier molecular flexibility index (Phi) is 4.73. The highest BCUT2D eigenvalue weighted by Crippen LogP contribution is 2.33. The molecule has 0 aliphatic carbocycles. The predicted octanol–water partition coefficient (Wildman–Crippen LogP) is 4.31. The molecule has 2 amide bonds. The zero-order valence-corrected chi connectivity index (χ0v) is 15.0. The summed E-state index contributed by atoms with van der Waals surface area (Å²) in [5, 5.41) is 5.69. The number of aryl methyl sites for hydroxylation is 1. The summed E-state index contributed by atoms with van der Waals surface area (Å²) >= 11 is 7.44. The average molecular weight is 361 g/mol. The van der Waals surface area contributed by atoms with Crippen molar-refractivity contribution in [1.82, 2.24) is 4.90 Å². The van der Waals surface area contributed by atoms with Crippen LogP contribution in [0, 0.1) is 6.92 Å². The number of thiophene rings is 1. The van der Waals surface area contributed by atoms with Crippen molar-refractivity contribution < 1.29 is 9.59 Å². The van der Waals surface area contributed by atoms with Crippen LogP contribution in [0.25, 0.3) is 5.57 Å². The Balaban J connectivity index is 2.05. The van der Waals surface area contributed by atoms with Crippen LogP contribution in [-0.2, 0) is 9.59 Å². The van der Waals surface area contributed by atoms with Gasteiger partial charge in [-0.1, -0.05) is 24.6 Å². The fourth-order valence-corrected chi connectivity index (χ4v) is 3.66. The first-order chi connectivity index (χ1) is 11.5. The summed E-state index contributed by atoms with van der Waals surface area (Å²) < 4.78 is 0. The largest absolute Gasteiger partial charge is 0.350 e. The molecule has 0 unspecified atom stereocenters. The molecule has 3 rings (SSSR count). The number of nitrogens with one attached hydrogen (secondary N) is 1. The summed E-state index contributed by atoms with van der Waals surface area (Å²) in [5.74, 6) is -0.516. The number of hydrogen-bond acceptors (Lipinski definition) is 4. The molecule has 2 aromatic rings. The van der Waals surface area contributed by atoms with Gasteiger partial charge in [-0.05, 0) is 48.6 Å². The van der Waals surface area contributed by atoms with Gasteiger partial charge in [-0.3, -0.25) is 14.5 Å². The highest BCUT2D eigenvalue weighted by Gasteiger charge is 2.39. The summed E-state index contributed by atoms with van der Waals surface area (Å²) in [6.45, 7) is 4.27. The second-order valence-corrected chi connectivity index (χ2v) is 6.96.